The van der Waals surface area contributed by atoms with Crippen molar-refractivity contribution < 1.29 is 276 Å². The lowest BCUT2D eigenvalue weighted by atomic mass is 9.93. The molecule has 11 saturated heterocycles. The van der Waals surface area contributed by atoms with E-state index in [0.717, 1.165) is 34.6 Å². The minimum absolute atomic E-state index is 0.845. The topological polar surface area (TPSA) is 943 Å². The van der Waals surface area contributed by atoms with Crippen LogP contribution in [0.2, 0.25) is 0 Å². The van der Waals surface area contributed by atoms with Gasteiger partial charge in [0.1, 0.15) is 256 Å². The minimum atomic E-state index is -2.84. The van der Waals surface area contributed by atoms with Crippen molar-refractivity contribution in [3.63, 3.8) is 0 Å². The number of carboxylic acid groups (broad SMARTS) is 1. The molecule has 11 rings (SSSR count). The molecular weight excluding hydrogens is 1880 g/mol. The van der Waals surface area contributed by atoms with E-state index < -0.39 is 432 Å². The van der Waals surface area contributed by atoms with Gasteiger partial charge in [-0.3, -0.25) is 24.0 Å². The summed E-state index contributed by atoms with van der Waals surface area (Å²) in [4.78, 5) is 77.5. The van der Waals surface area contributed by atoms with Gasteiger partial charge in [0.15, 0.2) is 75.3 Å². The highest BCUT2D eigenvalue weighted by Crippen LogP contribution is 2.43. The van der Waals surface area contributed by atoms with E-state index in [-0.39, 0.29) is 0 Å². The van der Waals surface area contributed by atoms with E-state index in [0.29, 0.717) is 0 Å². The van der Waals surface area contributed by atoms with Crippen LogP contribution in [0, 0.1) is 0 Å². The largest absolute Gasteiger partial charge is 0.479 e. The van der Waals surface area contributed by atoms with Crippen LogP contribution < -0.4 is 26.6 Å². The SMILES string of the molecule is CC(=O)N[C@@H]1[C@H](O[C@H]2[C@H](O[C@@H]3O[C@H](CO)[C@@H](O)[C@H](O)[C@@H]3O[C@@H]3O[C@H](CO)[C@@H](O[C@@H]4O[C@H](CO)[C@H](O)[C@H](O[C@@H]5O[C@H](C(=O)O)[C@@H](O)[C@H](O)[C@H]5O)[C@H]4O)[C@H](O)[C@H]3NC(C)=O)[C@H](O)[C@H](O[C@H]3[C@H](O)[C@@H](NC(C)=O)[C@H](O[C@H]4[C@H](O)[C@@H](NC(C)=O)[C@H](O)O[C@@H]4CO[C@@H]4O[C@H](C)[C@H](O)[C@H](O)[C@H]4O)O[C@@H]3CO)O[C@@H]2CO[C@H]2O[C@H](CO)[C@@H](O)[C@H](O)[C@@H]2O[C@@H]2O[C@H](CO)[C@@H](O)[C@H](O)[C@H]2NC(C)=O)O[C@H](CO)[C@@H](O)[C@@H]1O. The first-order chi connectivity index (χ1) is 64.7. The van der Waals surface area contributed by atoms with Gasteiger partial charge in [-0.2, -0.15) is 0 Å². The van der Waals surface area contributed by atoms with Crippen LogP contribution in [0.25, 0.3) is 0 Å². The zero-order valence-corrected chi connectivity index (χ0v) is 73.6. The lowest BCUT2D eigenvalue weighted by molar-refractivity contribution is -0.409. The molecule has 790 valence electrons. The van der Waals surface area contributed by atoms with Crippen molar-refractivity contribution in [1.29, 1.82) is 0 Å². The molecule has 11 fully saturated rings. The van der Waals surface area contributed by atoms with Gasteiger partial charge in [-0.05, 0) is 6.92 Å². The molecule has 0 aromatic carbocycles. The molecule has 11 heterocycles. The Morgan fingerprint density at radius 2 is 0.511 bits per heavy atom. The number of nitrogens with one attached hydrogen (secondary N) is 5. The summed E-state index contributed by atoms with van der Waals surface area (Å²) < 4.78 is 127. The van der Waals surface area contributed by atoms with Crippen LogP contribution in [-0.4, -0.2) is 581 Å². The fourth-order valence-corrected chi connectivity index (χ4v) is 17.6. The Labute approximate surface area is 774 Å². The Morgan fingerprint density at radius 1 is 0.226 bits per heavy atom. The van der Waals surface area contributed by atoms with Crippen LogP contribution in [0.15, 0.2) is 0 Å². The second-order valence-corrected chi connectivity index (χ2v) is 34.6. The number of carbonyl (C=O) groups is 6. The van der Waals surface area contributed by atoms with Gasteiger partial charge in [0.2, 0.25) is 29.5 Å². The van der Waals surface area contributed by atoms with Gasteiger partial charge >= 0.3 is 5.97 Å². The lowest BCUT2D eigenvalue weighted by Gasteiger charge is -2.52. The summed E-state index contributed by atoms with van der Waals surface area (Å²) in [5, 5.41) is 339. The maximum Gasteiger partial charge on any atom is 0.335 e. The molecular formula is C76H125N5O56. The Hall–Kier alpha value is -5.14. The molecule has 137 heavy (non-hydrogen) atoms. The van der Waals surface area contributed by atoms with E-state index in [4.69, 9.17) is 99.5 Å². The Balaban J connectivity index is 1.00. The number of aliphatic hydroxyl groups is 28. The zero-order chi connectivity index (χ0) is 101. The van der Waals surface area contributed by atoms with Crippen LogP contribution in [0.1, 0.15) is 41.5 Å². The van der Waals surface area contributed by atoms with E-state index in [1.165, 1.54) is 6.92 Å². The summed E-state index contributed by atoms with van der Waals surface area (Å²) in [7, 11) is 0. The van der Waals surface area contributed by atoms with Gasteiger partial charge < -0.3 is 274 Å². The van der Waals surface area contributed by atoms with Crippen molar-refractivity contribution in [2.45, 2.75) is 379 Å². The predicted octanol–water partition coefficient (Wildman–Crippen LogP) is -23.1. The van der Waals surface area contributed by atoms with Crippen LogP contribution in [-0.2, 0) is 128 Å². The van der Waals surface area contributed by atoms with Crippen LogP contribution in [0.3, 0.4) is 0 Å². The number of hydrogen-bond donors (Lipinski definition) is 34. The first-order valence-corrected chi connectivity index (χ1v) is 43.5. The van der Waals surface area contributed by atoms with Crippen molar-refractivity contribution in [3.05, 3.63) is 0 Å². The second-order valence-electron chi connectivity index (χ2n) is 34.6. The van der Waals surface area contributed by atoms with Gasteiger partial charge in [0, 0.05) is 34.6 Å². The Morgan fingerprint density at radius 3 is 0.942 bits per heavy atom. The molecule has 0 aromatic rings. The summed E-state index contributed by atoms with van der Waals surface area (Å²) in [5.41, 5.74) is 0. The average molecular weight is 2000 g/mol. The summed E-state index contributed by atoms with van der Waals surface area (Å²) in [5.74, 6) is -6.88. The molecule has 34 N–H and O–H groups in total. The number of ether oxygens (including phenoxy) is 21. The summed E-state index contributed by atoms with van der Waals surface area (Å²) in [6.07, 6.45) is -111. The molecule has 5 amide bonds. The maximum atomic E-state index is 13.5. The molecule has 55 atom stereocenters. The molecule has 11 aliphatic heterocycles. The van der Waals surface area contributed by atoms with E-state index in [2.05, 4.69) is 26.6 Å². The quantitative estimate of drug-likeness (QED) is 0.0280. The van der Waals surface area contributed by atoms with Crippen LogP contribution >= 0.6 is 0 Å². The third-order valence-corrected chi connectivity index (χ3v) is 24.9. The standard InChI is InChI=1S/C76H125N5O56/c1-16-36(94)47(105)52(110)71(119-16)117-14-29-58(44(102)31(66(116)120-29)77-17(2)89)129-69-34(80-20(5)92)45(103)57(27(12-87)126-69)131-74-55(113)61(59(132-67-32(78-18(3)90)42(100)37(95)22(7-82)121-67)30(128-74)15-118-75-63(49(107)39(97)24(9-84)124-75)136-68-33(79-19(4)91)43(101)38(96)23(8-83)122-68)134-76-64(50(108)40(98)25(10-85)125-76)137-70-35(81-21(6)93)46(104)56(28(13-88)127-70)130-73-54(112)60(41(99)26(11-86)123-73)133-72-53(111)48(106)51(109)62(135-72)65(114)115/h16,22-64,66-76,82-88,94-113,116H,7-15H2,1-6H3,(H,77,89)(H,78,90)(H,79,91)(H,80,92)(H,81,93)(H,114,115)/t16-,22-,23-,24-,25-,26-,27-,28-,29-,30-,31-,32+,33-,34-,35-,36+,37-,38-,39-,40-,41+,42-,43-,44-,45-,46-,47+,48+,49+,50+,51+,52-,53-,54-,55+,56-,57-,58-,59-,60+,61-,62+,63+,64+,66-,67+,68+,69+,70+,71-,72-,73+,74+,75+,76+/m1/s1. The molecule has 61 heteroatoms. The highest BCUT2D eigenvalue weighted by atomic mass is 16.8. The number of rotatable bonds is 35. The van der Waals surface area contributed by atoms with Gasteiger partial charge in [-0.1, -0.05) is 0 Å². The Kier molecular flexibility index (Phi) is 39.9. The molecule has 0 saturated carbocycles. The fourth-order valence-electron chi connectivity index (χ4n) is 17.6. The van der Waals surface area contributed by atoms with E-state index in [9.17, 15) is 177 Å². The predicted molar refractivity (Wildman–Crippen MR) is 419 cm³/mol. The number of carbonyl (C=O) groups excluding carboxylic acids is 5. The summed E-state index contributed by atoms with van der Waals surface area (Å²) >= 11 is 0. The fraction of sp³-hybridized carbons (Fsp3) is 0.921. The monoisotopic (exact) mass is 2000 g/mol. The summed E-state index contributed by atoms with van der Waals surface area (Å²) in [6, 6.07) is -10.1. The molecule has 61 nitrogen and oxygen atoms in total. The zero-order valence-electron chi connectivity index (χ0n) is 73.6. The van der Waals surface area contributed by atoms with Gasteiger partial charge in [-0.15, -0.1) is 0 Å². The molecule has 0 aliphatic carbocycles. The van der Waals surface area contributed by atoms with Crippen molar-refractivity contribution in [1.82, 2.24) is 26.6 Å². The van der Waals surface area contributed by atoms with Gasteiger partial charge in [0.25, 0.3) is 0 Å². The van der Waals surface area contributed by atoms with Crippen molar-refractivity contribution in [2.75, 3.05) is 59.5 Å². The van der Waals surface area contributed by atoms with Crippen LogP contribution in [0.4, 0.5) is 0 Å². The van der Waals surface area contributed by atoms with E-state index in [1.54, 1.807) is 0 Å². The molecule has 11 aliphatic rings. The van der Waals surface area contributed by atoms with Crippen molar-refractivity contribution in [2.24, 2.45) is 0 Å². The maximum absolute atomic E-state index is 13.5. The number of carboxylic acids is 1. The third-order valence-electron chi connectivity index (χ3n) is 24.9. The molecule has 0 radical (unpaired) electrons. The molecule has 0 unspecified atom stereocenters. The normalized spacial score (nSPS) is 48.9. The second kappa shape index (κ2) is 48.7. The number of aliphatic carboxylic acids is 1. The highest BCUT2D eigenvalue weighted by molar-refractivity contribution is 5.75. The third kappa shape index (κ3) is 25.0. The van der Waals surface area contributed by atoms with E-state index >= 15 is 0 Å². The Bertz CT molecular complexity index is 3860. The number of aliphatic hydroxyl groups excluding tert-OH is 28. The average Bonchev–Trinajstić information content (AvgIpc) is 0.737. The van der Waals surface area contributed by atoms with Gasteiger partial charge in [-0.25, -0.2) is 4.79 Å². The van der Waals surface area contributed by atoms with Crippen molar-refractivity contribution >= 4 is 35.5 Å². The van der Waals surface area contributed by atoms with E-state index in [1.807, 2.05) is 0 Å². The first-order valence-electron chi connectivity index (χ1n) is 43.5. The van der Waals surface area contributed by atoms with Crippen molar-refractivity contribution in [3.8, 4) is 0 Å². The molecule has 0 spiro atoms. The minimum Gasteiger partial charge on any atom is -0.479 e. The molecule has 0 aromatic heterocycles. The molecule has 0 bridgehead atoms. The number of hydrogen-bond acceptors (Lipinski definition) is 55. The van der Waals surface area contributed by atoms with Gasteiger partial charge in [0.05, 0.1) is 65.6 Å². The lowest BCUT2D eigenvalue weighted by Crippen LogP contribution is -2.72. The first kappa shape index (κ1) is 112. The smallest absolute Gasteiger partial charge is 0.335 e. The number of amides is 5. The summed E-state index contributed by atoms with van der Waals surface area (Å²) in [6.45, 7) is -5.15. The van der Waals surface area contributed by atoms with Crippen LogP contribution in [0.5, 0.6) is 0 Å². The highest BCUT2D eigenvalue weighted by Gasteiger charge is 2.64.